The van der Waals surface area contributed by atoms with Crippen LogP contribution in [0.25, 0.3) is 0 Å². The summed E-state index contributed by atoms with van der Waals surface area (Å²) in [6.45, 7) is 0.396. The van der Waals surface area contributed by atoms with Crippen molar-refractivity contribution < 1.29 is 13.9 Å². The van der Waals surface area contributed by atoms with Gasteiger partial charge in [-0.2, -0.15) is 0 Å². The number of halogens is 1. The van der Waals surface area contributed by atoms with Crippen LogP contribution in [0.15, 0.2) is 48.5 Å². The number of hydrogen-bond donors (Lipinski definition) is 0. The van der Waals surface area contributed by atoms with Gasteiger partial charge in [0, 0.05) is 6.42 Å². The van der Waals surface area contributed by atoms with E-state index in [4.69, 9.17) is 4.74 Å². The lowest BCUT2D eigenvalue weighted by atomic mass is 10.2. The van der Waals surface area contributed by atoms with E-state index in [1.165, 1.54) is 12.1 Å². The van der Waals surface area contributed by atoms with Gasteiger partial charge in [0.25, 0.3) is 0 Å². The van der Waals surface area contributed by atoms with E-state index in [1.807, 2.05) is 24.3 Å². The molecule has 0 aliphatic heterocycles. The molecule has 0 unspecified atom stereocenters. The van der Waals surface area contributed by atoms with E-state index in [-0.39, 0.29) is 5.82 Å². The Labute approximate surface area is 105 Å². The number of aldehydes is 1. The van der Waals surface area contributed by atoms with Crippen molar-refractivity contribution in [1.29, 1.82) is 0 Å². The molecule has 0 fully saturated rings. The smallest absolute Gasteiger partial charge is 0.124 e. The zero-order chi connectivity index (χ0) is 12.8. The van der Waals surface area contributed by atoms with Crippen LogP contribution in [0.3, 0.4) is 0 Å². The highest BCUT2D eigenvalue weighted by Crippen LogP contribution is 2.14. The molecule has 0 N–H and O–H groups in total. The first-order valence-corrected chi connectivity index (χ1v) is 5.68. The summed E-state index contributed by atoms with van der Waals surface area (Å²) in [5.41, 5.74) is 1.87. The molecule has 0 atom stereocenters. The molecule has 0 amide bonds. The molecule has 0 spiro atoms. The van der Waals surface area contributed by atoms with E-state index in [9.17, 15) is 9.18 Å². The Kier molecular flexibility index (Phi) is 4.07. The van der Waals surface area contributed by atoms with Crippen LogP contribution in [0.1, 0.15) is 11.1 Å². The molecule has 0 bridgehead atoms. The molecular weight excluding hydrogens is 231 g/mol. The highest BCUT2D eigenvalue weighted by molar-refractivity contribution is 5.55. The van der Waals surface area contributed by atoms with Gasteiger partial charge in [-0.3, -0.25) is 0 Å². The van der Waals surface area contributed by atoms with E-state index < -0.39 is 0 Å². The van der Waals surface area contributed by atoms with Gasteiger partial charge in [0.15, 0.2) is 0 Å². The van der Waals surface area contributed by atoms with Crippen molar-refractivity contribution in [2.75, 3.05) is 0 Å². The first-order valence-electron chi connectivity index (χ1n) is 5.68. The summed E-state index contributed by atoms with van der Waals surface area (Å²) in [4.78, 5) is 10.3. The minimum absolute atomic E-state index is 0.253. The Balaban J connectivity index is 1.93. The van der Waals surface area contributed by atoms with E-state index in [0.717, 1.165) is 23.2 Å². The van der Waals surface area contributed by atoms with Crippen LogP contribution in [0.4, 0.5) is 4.39 Å². The van der Waals surface area contributed by atoms with Crippen LogP contribution >= 0.6 is 0 Å². The van der Waals surface area contributed by atoms with Crippen molar-refractivity contribution in [1.82, 2.24) is 0 Å². The van der Waals surface area contributed by atoms with Gasteiger partial charge in [0.05, 0.1) is 0 Å². The van der Waals surface area contributed by atoms with E-state index in [0.29, 0.717) is 13.0 Å². The van der Waals surface area contributed by atoms with Gasteiger partial charge in [0.1, 0.15) is 24.5 Å². The summed E-state index contributed by atoms with van der Waals surface area (Å²) in [5.74, 6) is 0.478. The summed E-state index contributed by atoms with van der Waals surface area (Å²) in [6.07, 6.45) is 1.28. The van der Waals surface area contributed by atoms with Crippen LogP contribution in [0.5, 0.6) is 5.75 Å². The minimum Gasteiger partial charge on any atom is -0.489 e. The molecule has 0 heterocycles. The zero-order valence-electron chi connectivity index (χ0n) is 9.80. The molecule has 92 valence electrons. The second-order valence-corrected chi connectivity index (χ2v) is 3.93. The normalized spacial score (nSPS) is 10.1. The standard InChI is InChI=1S/C15H13FO2/c16-14-5-1-13(2-6-14)11-18-15-7-3-12(4-8-15)9-10-17/h1-8,10H,9,11H2. The molecule has 2 aromatic rings. The Bertz CT molecular complexity index is 503. The third-order valence-corrected chi connectivity index (χ3v) is 2.56. The van der Waals surface area contributed by atoms with Gasteiger partial charge in [-0.05, 0) is 35.4 Å². The van der Waals surface area contributed by atoms with Gasteiger partial charge in [-0.25, -0.2) is 4.39 Å². The Morgan fingerprint density at radius 2 is 1.56 bits per heavy atom. The molecule has 0 radical (unpaired) electrons. The molecule has 0 saturated heterocycles. The molecule has 0 aliphatic carbocycles. The average molecular weight is 244 g/mol. The van der Waals surface area contributed by atoms with Crippen LogP contribution in [0.2, 0.25) is 0 Å². The SMILES string of the molecule is O=CCc1ccc(OCc2ccc(F)cc2)cc1. The maximum atomic E-state index is 12.7. The van der Waals surface area contributed by atoms with Crippen molar-refractivity contribution in [3.63, 3.8) is 0 Å². The fourth-order valence-electron chi connectivity index (χ4n) is 1.57. The number of benzene rings is 2. The fourth-order valence-corrected chi connectivity index (χ4v) is 1.57. The Morgan fingerprint density at radius 3 is 2.17 bits per heavy atom. The number of ether oxygens (including phenoxy) is 1. The van der Waals surface area contributed by atoms with E-state index >= 15 is 0 Å². The van der Waals surface area contributed by atoms with Gasteiger partial charge in [-0.15, -0.1) is 0 Å². The molecular formula is C15H13FO2. The van der Waals surface area contributed by atoms with E-state index in [1.54, 1.807) is 12.1 Å². The van der Waals surface area contributed by atoms with Crippen molar-refractivity contribution >= 4 is 6.29 Å². The third kappa shape index (κ3) is 3.42. The molecule has 0 aliphatic rings. The highest BCUT2D eigenvalue weighted by atomic mass is 19.1. The lowest BCUT2D eigenvalue weighted by molar-refractivity contribution is -0.107. The lowest BCUT2D eigenvalue weighted by Crippen LogP contribution is -1.95. The van der Waals surface area contributed by atoms with Gasteiger partial charge in [-0.1, -0.05) is 24.3 Å². The molecule has 2 nitrogen and oxygen atoms in total. The molecule has 0 saturated carbocycles. The fraction of sp³-hybridized carbons (Fsp3) is 0.133. The van der Waals surface area contributed by atoms with Crippen LogP contribution < -0.4 is 4.74 Å². The first-order chi connectivity index (χ1) is 8.78. The van der Waals surface area contributed by atoms with E-state index in [2.05, 4.69) is 0 Å². The monoisotopic (exact) mass is 244 g/mol. The molecule has 2 aromatic carbocycles. The average Bonchev–Trinajstić information content (AvgIpc) is 2.40. The summed E-state index contributed by atoms with van der Waals surface area (Å²) < 4.78 is 18.3. The van der Waals surface area contributed by atoms with Crippen molar-refractivity contribution in [3.05, 3.63) is 65.5 Å². The summed E-state index contributed by atoms with van der Waals surface area (Å²) in [7, 11) is 0. The van der Waals surface area contributed by atoms with Crippen LogP contribution in [-0.2, 0) is 17.8 Å². The highest BCUT2D eigenvalue weighted by Gasteiger charge is 1.97. The molecule has 0 aromatic heterocycles. The number of carbonyl (C=O) groups excluding carboxylic acids is 1. The van der Waals surface area contributed by atoms with Gasteiger partial charge >= 0.3 is 0 Å². The summed E-state index contributed by atoms with van der Waals surface area (Å²) >= 11 is 0. The molecule has 18 heavy (non-hydrogen) atoms. The lowest BCUT2D eigenvalue weighted by Gasteiger charge is -2.06. The minimum atomic E-state index is -0.253. The Hall–Kier alpha value is -2.16. The quantitative estimate of drug-likeness (QED) is 0.755. The van der Waals surface area contributed by atoms with Gasteiger partial charge < -0.3 is 9.53 Å². The number of rotatable bonds is 5. The van der Waals surface area contributed by atoms with Crippen molar-refractivity contribution in [3.8, 4) is 5.75 Å². The maximum Gasteiger partial charge on any atom is 0.124 e. The zero-order valence-corrected chi connectivity index (χ0v) is 9.80. The second-order valence-electron chi connectivity index (χ2n) is 3.93. The van der Waals surface area contributed by atoms with Crippen molar-refractivity contribution in [2.24, 2.45) is 0 Å². The maximum absolute atomic E-state index is 12.7. The van der Waals surface area contributed by atoms with Crippen LogP contribution in [0, 0.1) is 5.82 Å². The summed E-state index contributed by atoms with van der Waals surface area (Å²) in [6, 6.07) is 13.6. The molecule has 3 heteroatoms. The Morgan fingerprint density at radius 1 is 0.944 bits per heavy atom. The summed E-state index contributed by atoms with van der Waals surface area (Å²) in [5, 5.41) is 0. The second kappa shape index (κ2) is 5.96. The van der Waals surface area contributed by atoms with Crippen LogP contribution in [-0.4, -0.2) is 6.29 Å². The third-order valence-electron chi connectivity index (χ3n) is 2.56. The first kappa shape index (κ1) is 12.3. The number of carbonyl (C=O) groups is 1. The number of hydrogen-bond acceptors (Lipinski definition) is 2. The topological polar surface area (TPSA) is 26.3 Å². The van der Waals surface area contributed by atoms with Gasteiger partial charge in [0.2, 0.25) is 0 Å². The largest absolute Gasteiger partial charge is 0.489 e. The predicted molar refractivity (Wildman–Crippen MR) is 66.9 cm³/mol. The molecule has 2 rings (SSSR count). The van der Waals surface area contributed by atoms with Crippen molar-refractivity contribution in [2.45, 2.75) is 13.0 Å². The predicted octanol–water partition coefficient (Wildman–Crippen LogP) is 3.15.